The van der Waals surface area contributed by atoms with Gasteiger partial charge in [0.2, 0.25) is 0 Å². The number of hydrogen-bond donors (Lipinski definition) is 4. The topological polar surface area (TPSA) is 123 Å². The number of para-hydroxylation sites is 2. The van der Waals surface area contributed by atoms with Crippen LogP contribution in [0.1, 0.15) is 29.8 Å². The molecule has 13 heteroatoms. The number of ether oxygens (including phenoxy) is 1. The first-order valence-corrected chi connectivity index (χ1v) is 13.9. The number of hydrogen-bond acceptors (Lipinski definition) is 5. The summed E-state index contributed by atoms with van der Waals surface area (Å²) in [6.45, 7) is 3.62. The molecule has 1 aliphatic heterocycles. The molecule has 0 fully saturated rings. The van der Waals surface area contributed by atoms with Gasteiger partial charge in [-0.05, 0) is 55.5 Å². The highest BCUT2D eigenvalue weighted by atomic mass is 19.4. The molecule has 0 aromatic heterocycles. The van der Waals surface area contributed by atoms with Crippen molar-refractivity contribution in [2.45, 2.75) is 32.2 Å². The minimum absolute atomic E-state index is 0.0589. The third-order valence-electron chi connectivity index (χ3n) is 7.24. The van der Waals surface area contributed by atoms with Crippen molar-refractivity contribution < 1.29 is 37.4 Å². The molecule has 0 bridgehead atoms. The molecular weight excluding hydrogens is 579 g/mol. The van der Waals surface area contributed by atoms with Crippen molar-refractivity contribution in [2.75, 3.05) is 42.7 Å². The Bertz CT molecular complexity index is 1470. The number of halogens is 3. The standard InChI is InChI=1S/C31H34F3N5O5/c1-19-16-39(20(2)18-40)28(41)24-10-7-11-25(37-29(42)35-23-14-12-21(13-15-23)31(32,33)34)27(24)44-26(19)17-38(3)30(43)36-22-8-5-4-6-9-22/h4-15,19-20,26,40H,16-18H2,1-3H3,(H,36,43)(H2,35,37,42)/t19-,20-,26+/m1/s1. The summed E-state index contributed by atoms with van der Waals surface area (Å²) in [4.78, 5) is 42.5. The SMILES string of the molecule is C[C@@H]1CN([C@H](C)CO)C(=O)c2cccc(NC(=O)Nc3ccc(C(F)(F)F)cc3)c2O[C@H]1CN(C)C(=O)Nc1ccccc1. The number of aliphatic hydroxyl groups excluding tert-OH is 1. The summed E-state index contributed by atoms with van der Waals surface area (Å²) in [6.07, 6.45) is -5.17. The molecule has 3 atom stereocenters. The van der Waals surface area contributed by atoms with Gasteiger partial charge >= 0.3 is 18.2 Å². The molecule has 0 radical (unpaired) electrons. The number of urea groups is 2. The average molecular weight is 614 g/mol. The lowest BCUT2D eigenvalue weighted by molar-refractivity contribution is -0.137. The van der Waals surface area contributed by atoms with Crippen molar-refractivity contribution in [1.82, 2.24) is 9.80 Å². The molecular formula is C31H34F3N5O5. The van der Waals surface area contributed by atoms with Gasteiger partial charge in [0.15, 0.2) is 5.75 Å². The second-order valence-corrected chi connectivity index (χ2v) is 10.6. The number of carbonyl (C=O) groups excluding carboxylic acids is 3. The molecule has 0 saturated heterocycles. The Hall–Kier alpha value is -4.78. The summed E-state index contributed by atoms with van der Waals surface area (Å²) in [7, 11) is 1.61. The van der Waals surface area contributed by atoms with Crippen LogP contribution in [-0.2, 0) is 6.18 Å². The summed E-state index contributed by atoms with van der Waals surface area (Å²) in [6, 6.07) is 15.8. The molecule has 4 N–H and O–H groups in total. The Morgan fingerprint density at radius 3 is 2.30 bits per heavy atom. The van der Waals surface area contributed by atoms with Crippen LogP contribution < -0.4 is 20.7 Å². The van der Waals surface area contributed by atoms with Crippen LogP contribution >= 0.6 is 0 Å². The molecule has 0 aliphatic carbocycles. The van der Waals surface area contributed by atoms with E-state index >= 15 is 0 Å². The fourth-order valence-corrected chi connectivity index (χ4v) is 4.68. The van der Waals surface area contributed by atoms with Crippen LogP contribution in [-0.4, -0.2) is 71.8 Å². The molecule has 10 nitrogen and oxygen atoms in total. The molecule has 5 amide bonds. The van der Waals surface area contributed by atoms with Gasteiger partial charge in [-0.3, -0.25) is 4.79 Å². The maximum absolute atomic E-state index is 13.7. The van der Waals surface area contributed by atoms with E-state index in [2.05, 4.69) is 16.0 Å². The van der Waals surface area contributed by atoms with Gasteiger partial charge in [-0.1, -0.05) is 31.2 Å². The molecule has 3 aromatic rings. The van der Waals surface area contributed by atoms with Crippen LogP contribution in [0.2, 0.25) is 0 Å². The third-order valence-corrected chi connectivity index (χ3v) is 7.24. The zero-order chi connectivity index (χ0) is 32.0. The molecule has 1 heterocycles. The third kappa shape index (κ3) is 7.78. The molecule has 3 aromatic carbocycles. The van der Waals surface area contributed by atoms with Gasteiger partial charge in [0.25, 0.3) is 5.91 Å². The molecule has 4 rings (SSSR count). The van der Waals surface area contributed by atoms with Crippen molar-refractivity contribution in [3.8, 4) is 5.75 Å². The first kappa shape index (κ1) is 32.1. The van der Waals surface area contributed by atoms with Gasteiger partial charge in [0.1, 0.15) is 6.10 Å². The van der Waals surface area contributed by atoms with Gasteiger partial charge < -0.3 is 35.6 Å². The Morgan fingerprint density at radius 2 is 1.66 bits per heavy atom. The predicted molar refractivity (Wildman–Crippen MR) is 160 cm³/mol. The van der Waals surface area contributed by atoms with E-state index in [1.807, 2.05) is 13.0 Å². The van der Waals surface area contributed by atoms with E-state index in [4.69, 9.17) is 4.74 Å². The number of amides is 5. The lowest BCUT2D eigenvalue weighted by Crippen LogP contribution is -2.50. The number of fused-ring (bicyclic) bond motifs is 1. The second kappa shape index (κ2) is 13.7. The highest BCUT2D eigenvalue weighted by Gasteiger charge is 2.35. The second-order valence-electron chi connectivity index (χ2n) is 10.6. The van der Waals surface area contributed by atoms with E-state index < -0.39 is 35.8 Å². The fourth-order valence-electron chi connectivity index (χ4n) is 4.68. The quantitative estimate of drug-likeness (QED) is 0.271. The van der Waals surface area contributed by atoms with Crippen LogP contribution in [0.5, 0.6) is 5.75 Å². The summed E-state index contributed by atoms with van der Waals surface area (Å²) < 4.78 is 45.2. The van der Waals surface area contributed by atoms with E-state index in [0.717, 1.165) is 24.3 Å². The Balaban J connectivity index is 1.60. The first-order chi connectivity index (χ1) is 20.9. The number of anilines is 3. The molecule has 0 spiro atoms. The number of alkyl halides is 3. The zero-order valence-electron chi connectivity index (χ0n) is 24.4. The number of nitrogens with one attached hydrogen (secondary N) is 3. The predicted octanol–water partition coefficient (Wildman–Crippen LogP) is 5.73. The monoisotopic (exact) mass is 613 g/mol. The van der Waals surface area contributed by atoms with E-state index in [-0.39, 0.29) is 54.3 Å². The maximum Gasteiger partial charge on any atom is 0.416 e. The van der Waals surface area contributed by atoms with Crippen LogP contribution in [0.3, 0.4) is 0 Å². The maximum atomic E-state index is 13.7. The van der Waals surface area contributed by atoms with Gasteiger partial charge in [0, 0.05) is 30.9 Å². The molecule has 0 saturated carbocycles. The van der Waals surface area contributed by atoms with Crippen molar-refractivity contribution in [1.29, 1.82) is 0 Å². The largest absolute Gasteiger partial charge is 0.485 e. The number of aliphatic hydroxyl groups is 1. The smallest absolute Gasteiger partial charge is 0.416 e. The van der Waals surface area contributed by atoms with Crippen molar-refractivity contribution in [3.63, 3.8) is 0 Å². The average Bonchev–Trinajstić information content (AvgIpc) is 2.99. The summed E-state index contributed by atoms with van der Waals surface area (Å²) in [5.41, 5.74) is 0.134. The van der Waals surface area contributed by atoms with Crippen molar-refractivity contribution in [3.05, 3.63) is 83.9 Å². The summed E-state index contributed by atoms with van der Waals surface area (Å²) in [5.74, 6) is -0.681. The van der Waals surface area contributed by atoms with Crippen LogP contribution in [0.25, 0.3) is 0 Å². The minimum atomic E-state index is -4.52. The number of benzene rings is 3. The normalized spacial score (nSPS) is 17.3. The number of rotatable bonds is 7. The van der Waals surface area contributed by atoms with Gasteiger partial charge in [0.05, 0.1) is 36.0 Å². The molecule has 234 valence electrons. The van der Waals surface area contributed by atoms with E-state index in [0.29, 0.717) is 5.69 Å². The summed E-state index contributed by atoms with van der Waals surface area (Å²) >= 11 is 0. The molecule has 1 aliphatic rings. The Labute approximate surface area is 252 Å². The first-order valence-electron chi connectivity index (χ1n) is 13.9. The van der Waals surface area contributed by atoms with Crippen LogP contribution in [0.4, 0.5) is 39.8 Å². The van der Waals surface area contributed by atoms with Gasteiger partial charge in [-0.2, -0.15) is 13.2 Å². The van der Waals surface area contributed by atoms with Crippen molar-refractivity contribution in [2.24, 2.45) is 5.92 Å². The molecule has 44 heavy (non-hydrogen) atoms. The van der Waals surface area contributed by atoms with Crippen LogP contribution in [0.15, 0.2) is 72.8 Å². The minimum Gasteiger partial charge on any atom is -0.485 e. The zero-order valence-corrected chi connectivity index (χ0v) is 24.4. The van der Waals surface area contributed by atoms with Crippen molar-refractivity contribution >= 4 is 35.0 Å². The van der Waals surface area contributed by atoms with E-state index in [1.165, 1.54) is 21.9 Å². The van der Waals surface area contributed by atoms with Gasteiger partial charge in [-0.15, -0.1) is 0 Å². The Kier molecular flexibility index (Phi) is 9.99. The van der Waals surface area contributed by atoms with E-state index in [1.54, 1.807) is 44.3 Å². The number of nitrogens with zero attached hydrogens (tertiary/aromatic N) is 2. The lowest BCUT2D eigenvalue weighted by atomic mass is 9.99. The lowest BCUT2D eigenvalue weighted by Gasteiger charge is -2.38. The highest BCUT2D eigenvalue weighted by molar-refractivity contribution is 6.04. The molecule has 0 unspecified atom stereocenters. The number of carbonyl (C=O) groups is 3. The van der Waals surface area contributed by atoms with Gasteiger partial charge in [-0.25, -0.2) is 9.59 Å². The highest BCUT2D eigenvalue weighted by Crippen LogP contribution is 2.35. The van der Waals surface area contributed by atoms with Crippen LogP contribution in [0, 0.1) is 5.92 Å². The van der Waals surface area contributed by atoms with E-state index in [9.17, 15) is 32.7 Å². The number of likely N-dealkylation sites (N-methyl/N-ethyl adjacent to an activating group) is 1. The fraction of sp³-hybridized carbons (Fsp3) is 0.323. The Morgan fingerprint density at radius 1 is 1.00 bits per heavy atom. The summed E-state index contributed by atoms with van der Waals surface area (Å²) in [5, 5.41) is 17.8.